The summed E-state index contributed by atoms with van der Waals surface area (Å²) in [5.74, 6) is -1.43. The van der Waals surface area contributed by atoms with Crippen molar-refractivity contribution in [2.24, 2.45) is 0 Å². The first-order valence-corrected chi connectivity index (χ1v) is 9.82. The molecule has 0 unspecified atom stereocenters. The van der Waals surface area contributed by atoms with Crippen molar-refractivity contribution in [3.63, 3.8) is 0 Å². The van der Waals surface area contributed by atoms with Gasteiger partial charge in [0.05, 0.1) is 21.0 Å². The number of aromatic carboxylic acids is 1. The van der Waals surface area contributed by atoms with E-state index >= 15 is 0 Å². The van der Waals surface area contributed by atoms with Gasteiger partial charge in [-0.1, -0.05) is 37.0 Å². The van der Waals surface area contributed by atoms with E-state index in [1.54, 1.807) is 12.1 Å². The third-order valence-electron chi connectivity index (χ3n) is 3.98. The van der Waals surface area contributed by atoms with E-state index in [0.29, 0.717) is 21.4 Å². The summed E-state index contributed by atoms with van der Waals surface area (Å²) in [4.78, 5) is 41.7. The van der Waals surface area contributed by atoms with Crippen molar-refractivity contribution in [1.29, 1.82) is 0 Å². The van der Waals surface area contributed by atoms with Gasteiger partial charge in [-0.25, -0.2) is 9.78 Å². The first-order valence-electron chi connectivity index (χ1n) is 8.19. The number of carbonyl (C=O) groups excluding carboxylic acids is 1. The molecular weight excluding hydrogens is 425 g/mol. The van der Waals surface area contributed by atoms with Crippen molar-refractivity contribution in [3.05, 3.63) is 55.4 Å². The van der Waals surface area contributed by atoms with Gasteiger partial charge in [-0.05, 0) is 18.2 Å². The maximum atomic E-state index is 13.0. The molecule has 3 aromatic rings. The number of carbonyl (C=O) groups is 2. The van der Waals surface area contributed by atoms with Crippen molar-refractivity contribution in [3.8, 4) is 0 Å². The van der Waals surface area contributed by atoms with Gasteiger partial charge >= 0.3 is 5.97 Å². The van der Waals surface area contributed by atoms with E-state index in [2.05, 4.69) is 10.3 Å². The standard InChI is InChI=1S/C18H15Cl2N3O4S/c1-8(2)15-22-16-14(10(7-28-16)18(26)27)17(25)23(15)6-13(24)21-9-3-4-11(19)12(20)5-9/h3-5,7-8H,6H2,1-2H3,(H,21,24)(H,26,27). The second-order valence-electron chi connectivity index (χ2n) is 6.33. The second kappa shape index (κ2) is 7.90. The summed E-state index contributed by atoms with van der Waals surface area (Å²) in [6, 6.07) is 4.63. The van der Waals surface area contributed by atoms with Crippen LogP contribution in [0.3, 0.4) is 0 Å². The lowest BCUT2D eigenvalue weighted by Crippen LogP contribution is -2.32. The molecule has 0 aliphatic carbocycles. The van der Waals surface area contributed by atoms with Gasteiger partial charge < -0.3 is 10.4 Å². The van der Waals surface area contributed by atoms with Gasteiger partial charge in [0.25, 0.3) is 5.56 Å². The van der Waals surface area contributed by atoms with Crippen LogP contribution in [0.15, 0.2) is 28.4 Å². The fraction of sp³-hybridized carbons (Fsp3) is 0.222. The maximum absolute atomic E-state index is 13.0. The van der Waals surface area contributed by atoms with Crippen LogP contribution in [-0.4, -0.2) is 26.5 Å². The zero-order valence-corrected chi connectivity index (χ0v) is 17.2. The molecule has 0 saturated heterocycles. The van der Waals surface area contributed by atoms with E-state index in [0.717, 1.165) is 11.3 Å². The molecule has 0 saturated carbocycles. The first kappa shape index (κ1) is 20.3. The predicted molar refractivity (Wildman–Crippen MR) is 110 cm³/mol. The summed E-state index contributed by atoms with van der Waals surface area (Å²) in [5, 5.41) is 14.0. The molecular formula is C18H15Cl2N3O4S. The Hall–Kier alpha value is -2.42. The third kappa shape index (κ3) is 3.89. The monoisotopic (exact) mass is 439 g/mol. The Bertz CT molecular complexity index is 1150. The fourth-order valence-corrected chi connectivity index (χ4v) is 3.92. The van der Waals surface area contributed by atoms with Crippen LogP contribution in [0.25, 0.3) is 10.2 Å². The summed E-state index contributed by atoms with van der Waals surface area (Å²) in [5.41, 5.74) is -0.252. The molecule has 0 radical (unpaired) electrons. The SMILES string of the molecule is CC(C)c1nc2scc(C(=O)O)c2c(=O)n1CC(=O)Nc1ccc(Cl)c(Cl)c1. The van der Waals surface area contributed by atoms with Gasteiger partial charge in [-0.2, -0.15) is 0 Å². The Morgan fingerprint density at radius 1 is 1.29 bits per heavy atom. The summed E-state index contributed by atoms with van der Waals surface area (Å²) >= 11 is 12.9. The number of amides is 1. The zero-order valence-electron chi connectivity index (χ0n) is 14.8. The van der Waals surface area contributed by atoms with Crippen LogP contribution in [0.1, 0.15) is 35.9 Å². The van der Waals surface area contributed by atoms with E-state index in [4.69, 9.17) is 23.2 Å². The molecule has 2 heterocycles. The molecule has 2 aromatic heterocycles. The minimum atomic E-state index is -1.21. The predicted octanol–water partition coefficient (Wildman–Crippen LogP) is 4.23. The Morgan fingerprint density at radius 3 is 2.61 bits per heavy atom. The van der Waals surface area contributed by atoms with Gasteiger partial charge in [0.2, 0.25) is 5.91 Å². The Labute approximate surface area is 173 Å². The van der Waals surface area contributed by atoms with Gasteiger partial charge in [0.1, 0.15) is 17.2 Å². The molecule has 0 aliphatic rings. The van der Waals surface area contributed by atoms with Crippen LogP contribution in [0, 0.1) is 0 Å². The van der Waals surface area contributed by atoms with Crippen molar-refractivity contribution in [2.45, 2.75) is 26.3 Å². The van der Waals surface area contributed by atoms with E-state index in [1.807, 2.05) is 13.8 Å². The molecule has 2 N–H and O–H groups in total. The molecule has 0 spiro atoms. The van der Waals surface area contributed by atoms with Crippen molar-refractivity contribution in [1.82, 2.24) is 9.55 Å². The minimum absolute atomic E-state index is 0.00392. The normalized spacial score (nSPS) is 11.2. The minimum Gasteiger partial charge on any atom is -0.478 e. The van der Waals surface area contributed by atoms with Crippen molar-refractivity contribution < 1.29 is 14.7 Å². The van der Waals surface area contributed by atoms with Crippen LogP contribution >= 0.6 is 34.5 Å². The topological polar surface area (TPSA) is 101 Å². The van der Waals surface area contributed by atoms with E-state index < -0.39 is 17.4 Å². The molecule has 28 heavy (non-hydrogen) atoms. The number of thiophene rings is 1. The summed E-state index contributed by atoms with van der Waals surface area (Å²) in [6.45, 7) is 3.36. The molecule has 0 bridgehead atoms. The number of nitrogens with zero attached hydrogens (tertiary/aromatic N) is 2. The lowest BCUT2D eigenvalue weighted by atomic mass is 10.2. The number of hydrogen-bond acceptors (Lipinski definition) is 5. The van der Waals surface area contributed by atoms with Crippen LogP contribution in [0.4, 0.5) is 5.69 Å². The van der Waals surface area contributed by atoms with E-state index in [9.17, 15) is 19.5 Å². The molecule has 7 nitrogen and oxygen atoms in total. The Morgan fingerprint density at radius 2 is 2.00 bits per heavy atom. The lowest BCUT2D eigenvalue weighted by Gasteiger charge is -2.15. The molecule has 1 aromatic carbocycles. The number of rotatable bonds is 5. The average Bonchev–Trinajstić information content (AvgIpc) is 3.05. The number of halogens is 2. The van der Waals surface area contributed by atoms with E-state index in [1.165, 1.54) is 16.0 Å². The van der Waals surface area contributed by atoms with Crippen LogP contribution in [0.2, 0.25) is 10.0 Å². The zero-order chi connectivity index (χ0) is 20.6. The molecule has 0 fully saturated rings. The highest BCUT2D eigenvalue weighted by atomic mass is 35.5. The van der Waals surface area contributed by atoms with Crippen LogP contribution < -0.4 is 10.9 Å². The second-order valence-corrected chi connectivity index (χ2v) is 8.00. The smallest absolute Gasteiger partial charge is 0.337 e. The average molecular weight is 440 g/mol. The number of carboxylic acid groups (broad SMARTS) is 1. The molecule has 10 heteroatoms. The number of hydrogen-bond donors (Lipinski definition) is 2. The van der Waals surface area contributed by atoms with Crippen molar-refractivity contribution in [2.75, 3.05) is 5.32 Å². The number of benzene rings is 1. The highest BCUT2D eigenvalue weighted by molar-refractivity contribution is 7.17. The third-order valence-corrected chi connectivity index (χ3v) is 5.59. The largest absolute Gasteiger partial charge is 0.478 e. The molecule has 146 valence electrons. The highest BCUT2D eigenvalue weighted by Crippen LogP contribution is 2.26. The molecule has 0 aliphatic heterocycles. The summed E-state index contributed by atoms with van der Waals surface area (Å²) in [6.07, 6.45) is 0. The van der Waals surface area contributed by atoms with E-state index in [-0.39, 0.29) is 28.4 Å². The number of fused-ring (bicyclic) bond motifs is 1. The molecule has 3 rings (SSSR count). The number of carboxylic acids is 1. The van der Waals surface area contributed by atoms with Gasteiger partial charge in [0, 0.05) is 17.0 Å². The quantitative estimate of drug-likeness (QED) is 0.619. The lowest BCUT2D eigenvalue weighted by molar-refractivity contribution is -0.116. The molecule has 1 amide bonds. The van der Waals surface area contributed by atoms with Crippen LogP contribution in [0.5, 0.6) is 0 Å². The fourth-order valence-electron chi connectivity index (χ4n) is 2.71. The Balaban J connectivity index is 2.01. The summed E-state index contributed by atoms with van der Waals surface area (Å²) < 4.78 is 1.21. The number of nitrogens with one attached hydrogen (secondary N) is 1. The summed E-state index contributed by atoms with van der Waals surface area (Å²) in [7, 11) is 0. The van der Waals surface area contributed by atoms with Gasteiger partial charge in [-0.3, -0.25) is 14.2 Å². The first-order chi connectivity index (χ1) is 13.2. The maximum Gasteiger partial charge on any atom is 0.337 e. The van der Waals surface area contributed by atoms with Gasteiger partial charge in [-0.15, -0.1) is 11.3 Å². The number of anilines is 1. The highest BCUT2D eigenvalue weighted by Gasteiger charge is 2.22. The Kier molecular flexibility index (Phi) is 5.74. The number of aromatic nitrogens is 2. The van der Waals surface area contributed by atoms with Crippen LogP contribution in [-0.2, 0) is 11.3 Å². The van der Waals surface area contributed by atoms with Gasteiger partial charge in [0.15, 0.2) is 0 Å². The molecule has 0 atom stereocenters. The van der Waals surface area contributed by atoms with Crippen molar-refractivity contribution >= 4 is 62.3 Å².